The number of nitrogens with one attached hydrogen (secondary N) is 1. The molecule has 0 atom stereocenters. The number of carbonyl (C=O) groups excluding carboxylic acids is 1. The van der Waals surface area contributed by atoms with Crippen molar-refractivity contribution in [3.05, 3.63) is 119 Å². The van der Waals surface area contributed by atoms with Crippen molar-refractivity contribution in [1.29, 1.82) is 0 Å². The topological polar surface area (TPSA) is 283 Å². The predicted octanol–water partition coefficient (Wildman–Crippen LogP) is 6.39. The number of carbonyl (C=O) groups is 1. The van der Waals surface area contributed by atoms with E-state index in [0.29, 0.717) is 34.5 Å². The second-order valence-electron chi connectivity index (χ2n) is 11.1. The van der Waals surface area contributed by atoms with Gasteiger partial charge < -0.3 is 26.3 Å². The van der Waals surface area contributed by atoms with Gasteiger partial charge in [0.15, 0.2) is 0 Å². The Morgan fingerprint density at radius 1 is 0.654 bits per heavy atom. The van der Waals surface area contributed by atoms with Crippen LogP contribution < -0.4 is 22.6 Å². The van der Waals surface area contributed by atoms with Gasteiger partial charge in [0.25, 0.3) is 0 Å². The highest BCUT2D eigenvalue weighted by atomic mass is 32.2. The summed E-state index contributed by atoms with van der Waals surface area (Å²) >= 11 is 0. The molecule has 5 aromatic carbocycles. The molecule has 0 aromatic heterocycles. The molecule has 0 saturated heterocycles. The highest BCUT2D eigenvalue weighted by molar-refractivity contribution is 7.91. The van der Waals surface area contributed by atoms with Crippen molar-refractivity contribution in [1.82, 2.24) is 0 Å². The van der Waals surface area contributed by atoms with Crippen LogP contribution in [0.3, 0.4) is 0 Å². The number of para-hydroxylation sites is 1. The number of hydrazone groups is 1. The highest BCUT2D eigenvalue weighted by Crippen LogP contribution is 2.41. The lowest BCUT2D eigenvalue weighted by Crippen LogP contribution is -2.28. The van der Waals surface area contributed by atoms with E-state index >= 15 is 0 Å². The summed E-state index contributed by atoms with van der Waals surface area (Å²) < 4.78 is 73.3. The van der Waals surface area contributed by atoms with E-state index in [1.807, 2.05) is 12.1 Å². The van der Waals surface area contributed by atoms with Crippen molar-refractivity contribution < 1.29 is 30.7 Å². The Morgan fingerprint density at radius 3 is 1.81 bits per heavy atom. The monoisotopic (exact) mass is 735 g/mol. The van der Waals surface area contributed by atoms with Crippen molar-refractivity contribution >= 4 is 83.3 Å². The van der Waals surface area contributed by atoms with Crippen LogP contribution in [0.5, 0.6) is 0 Å². The van der Waals surface area contributed by atoms with E-state index in [2.05, 4.69) is 31.0 Å². The van der Waals surface area contributed by atoms with E-state index in [1.54, 1.807) is 84.9 Å². The molecule has 0 saturated carbocycles. The number of azo groups is 2. The zero-order valence-electron chi connectivity index (χ0n) is 26.5. The van der Waals surface area contributed by atoms with Gasteiger partial charge in [0, 0.05) is 5.69 Å². The summed E-state index contributed by atoms with van der Waals surface area (Å²) in [6.07, 6.45) is 0.723. The maximum absolute atomic E-state index is 13.6. The lowest BCUT2D eigenvalue weighted by molar-refractivity contribution is 0.106. The molecule has 0 amide bonds. The number of nitrogens with zero attached hydrogens (tertiary/aromatic N) is 5. The number of allylic oxidation sites excluding steroid dienone is 1. The fourth-order valence-electron chi connectivity index (χ4n) is 5.04. The van der Waals surface area contributed by atoms with Gasteiger partial charge in [-0.25, -0.2) is 16.8 Å². The smallest absolute Gasteiger partial charge is 0.217 e. The number of ketones is 1. The minimum absolute atomic E-state index is 0.224. The van der Waals surface area contributed by atoms with Gasteiger partial charge in [-0.05, 0) is 83.4 Å². The van der Waals surface area contributed by atoms with Gasteiger partial charge in [0.1, 0.15) is 37.3 Å². The third kappa shape index (κ3) is 7.59. The van der Waals surface area contributed by atoms with E-state index in [9.17, 15) is 30.7 Å². The van der Waals surface area contributed by atoms with Crippen molar-refractivity contribution in [2.45, 2.75) is 4.90 Å². The van der Waals surface area contributed by atoms with Crippen molar-refractivity contribution in [3.8, 4) is 11.1 Å². The number of nitrogens with two attached hydrogens (primary N) is 3. The molecule has 7 N–H and O–H groups in total. The van der Waals surface area contributed by atoms with Crippen LogP contribution in [-0.2, 0) is 20.2 Å². The molecule has 1 aliphatic carbocycles. The summed E-state index contributed by atoms with van der Waals surface area (Å²) in [4.78, 5) is 11.6. The van der Waals surface area contributed by atoms with Crippen molar-refractivity contribution in [3.63, 3.8) is 0 Å². The molecule has 0 spiro atoms. The Hall–Kier alpha value is -6.60. The Kier molecular flexibility index (Phi) is 9.46. The average Bonchev–Trinajstić information content (AvgIpc) is 3.10. The van der Waals surface area contributed by atoms with E-state index in [0.717, 1.165) is 17.2 Å². The number of anilines is 4. The van der Waals surface area contributed by atoms with E-state index in [-0.39, 0.29) is 5.69 Å². The summed E-state index contributed by atoms with van der Waals surface area (Å²) in [5.41, 5.74) is 21.6. The van der Waals surface area contributed by atoms with Crippen molar-refractivity contribution in [2.75, 3.05) is 22.6 Å². The number of Topliss-reactive ketones (excluding diaryl/α,β-unsaturated/α-hetero) is 1. The second kappa shape index (κ2) is 14.0. The Morgan fingerprint density at radius 2 is 1.25 bits per heavy atom. The summed E-state index contributed by atoms with van der Waals surface area (Å²) in [7, 11) is -10.6. The maximum Gasteiger partial charge on any atom is 0.217 e. The lowest BCUT2D eigenvalue weighted by Gasteiger charge is -2.23. The van der Waals surface area contributed by atoms with Gasteiger partial charge in [0.2, 0.25) is 5.78 Å². The molecule has 5 aromatic rings. The first-order valence-electron chi connectivity index (χ1n) is 14.9. The first-order chi connectivity index (χ1) is 24.7. The van der Waals surface area contributed by atoms with Crippen LogP contribution in [0.1, 0.15) is 15.9 Å². The number of fused-ring (bicyclic) bond motifs is 1. The minimum atomic E-state index is -5.32. The molecule has 52 heavy (non-hydrogen) atoms. The molecule has 0 heterocycles. The number of nitrogen functional groups attached to an aromatic ring is 3. The molecular formula is C34H25N9O7S2-2. The predicted molar refractivity (Wildman–Crippen MR) is 194 cm³/mol. The largest absolute Gasteiger partial charge is 0.744 e. The van der Waals surface area contributed by atoms with E-state index in [1.165, 1.54) is 0 Å². The summed E-state index contributed by atoms with van der Waals surface area (Å²) in [5, 5.41) is 20.1. The number of hydrogen-bond acceptors (Lipinski definition) is 16. The third-order valence-corrected chi connectivity index (χ3v) is 9.26. The zero-order chi connectivity index (χ0) is 37.2. The van der Waals surface area contributed by atoms with Crippen LogP contribution in [-0.4, -0.2) is 37.4 Å². The third-order valence-electron chi connectivity index (χ3n) is 7.56. The molecule has 16 nitrogen and oxygen atoms in total. The van der Waals surface area contributed by atoms with Gasteiger partial charge in [0.05, 0.1) is 43.8 Å². The molecule has 0 bridgehead atoms. The molecule has 0 aliphatic heterocycles. The summed E-state index contributed by atoms with van der Waals surface area (Å²) in [6, 6.07) is 27.4. The van der Waals surface area contributed by atoms with E-state index in [4.69, 9.17) is 17.2 Å². The molecule has 0 radical (unpaired) electrons. The molecule has 6 rings (SSSR count). The number of rotatable bonds is 9. The molecule has 0 fully saturated rings. The zero-order valence-corrected chi connectivity index (χ0v) is 28.2. The standard InChI is InChI=1S/C34H27N9O7S2/c35-22-10-15-27(26(36)18-22)41-38-24-11-6-19(7-12-24)20-8-13-25(14-9-20)40-42-32-28(51(45,46)47)16-21-17-29(52(48,49)50)33(34(44)30(21)31(32)37)43-39-23-4-2-1-3-5-23/h1-18,39H,35-37H2,(H,45,46,47)(H,48,49,50)/p-2. The molecule has 1 aliphatic rings. The molecule has 0 unspecified atom stereocenters. The van der Waals surface area contributed by atoms with Gasteiger partial charge in [-0.3, -0.25) is 10.2 Å². The Labute approximate surface area is 296 Å². The van der Waals surface area contributed by atoms with Crippen LogP contribution in [0.2, 0.25) is 0 Å². The highest BCUT2D eigenvalue weighted by Gasteiger charge is 2.34. The first kappa shape index (κ1) is 35.2. The SMILES string of the molecule is Nc1ccc(N=Nc2ccc(-c3ccc(N=Nc4c(S(=O)(=O)[O-])cc5c(c4N)C(=O)C(=NNc4ccccc4)C(S(=O)(=O)[O-])=C5)cc3)cc2)c(N)c1. The molecule has 18 heteroatoms. The maximum atomic E-state index is 13.6. The summed E-state index contributed by atoms with van der Waals surface area (Å²) in [5.74, 6) is -1.13. The normalized spacial score (nSPS) is 14.2. The van der Waals surface area contributed by atoms with Crippen LogP contribution in [0.4, 0.5) is 45.5 Å². The van der Waals surface area contributed by atoms with Crippen LogP contribution in [0.15, 0.2) is 138 Å². The molecule has 262 valence electrons. The minimum Gasteiger partial charge on any atom is -0.744 e. The second-order valence-corrected chi connectivity index (χ2v) is 13.8. The number of benzene rings is 5. The molecular weight excluding hydrogens is 711 g/mol. The average molecular weight is 736 g/mol. The fraction of sp³-hybridized carbons (Fsp3) is 0. The summed E-state index contributed by atoms with van der Waals surface area (Å²) in [6.45, 7) is 0. The van der Waals surface area contributed by atoms with Gasteiger partial charge >= 0.3 is 0 Å². The van der Waals surface area contributed by atoms with Crippen LogP contribution in [0.25, 0.3) is 17.2 Å². The lowest BCUT2D eigenvalue weighted by atomic mass is 9.92. The van der Waals surface area contributed by atoms with Gasteiger partial charge in [-0.15, -0.1) is 10.2 Å². The van der Waals surface area contributed by atoms with E-state index < -0.39 is 64.0 Å². The van der Waals surface area contributed by atoms with Crippen LogP contribution in [0, 0.1) is 0 Å². The van der Waals surface area contributed by atoms with Gasteiger partial charge in [-0.1, -0.05) is 42.5 Å². The van der Waals surface area contributed by atoms with Crippen LogP contribution >= 0.6 is 0 Å². The van der Waals surface area contributed by atoms with Gasteiger partial charge in [-0.2, -0.15) is 15.3 Å². The Bertz CT molecular complexity index is 2570. The first-order valence-corrected chi connectivity index (χ1v) is 17.7. The van der Waals surface area contributed by atoms with Crippen molar-refractivity contribution in [2.24, 2.45) is 25.6 Å². The Balaban J connectivity index is 1.30. The number of hydrogen-bond donors (Lipinski definition) is 4. The fourth-order valence-corrected chi connectivity index (χ4v) is 6.35. The quantitative estimate of drug-likeness (QED) is 0.0557.